The van der Waals surface area contributed by atoms with Crippen LogP contribution in [0.1, 0.15) is 10.5 Å². The standard InChI is InChI=1S/C10H8FN5O2/c11-5-3-6(9(12)17)15-10(18)8(5)16-7-1-2-13-4-14-7/h1-4H,(H2,12,17)(H,15,18)(H,13,14,16). The third-order valence-corrected chi connectivity index (χ3v) is 2.09. The van der Waals surface area contributed by atoms with Gasteiger partial charge in [-0.15, -0.1) is 0 Å². The Balaban J connectivity index is 2.41. The van der Waals surface area contributed by atoms with Crippen molar-refractivity contribution in [3.8, 4) is 0 Å². The predicted molar refractivity (Wildman–Crippen MR) is 60.9 cm³/mol. The highest BCUT2D eigenvalue weighted by Crippen LogP contribution is 2.13. The molecule has 4 N–H and O–H groups in total. The number of rotatable bonds is 3. The van der Waals surface area contributed by atoms with E-state index in [0.717, 1.165) is 6.07 Å². The first kappa shape index (κ1) is 11.7. The van der Waals surface area contributed by atoms with Crippen molar-refractivity contribution in [1.82, 2.24) is 15.0 Å². The number of primary amides is 1. The summed E-state index contributed by atoms with van der Waals surface area (Å²) in [6.45, 7) is 0. The summed E-state index contributed by atoms with van der Waals surface area (Å²) >= 11 is 0. The average molecular weight is 249 g/mol. The summed E-state index contributed by atoms with van der Waals surface area (Å²) in [6, 6.07) is 2.30. The number of aromatic nitrogens is 3. The molecule has 92 valence electrons. The van der Waals surface area contributed by atoms with Crippen molar-refractivity contribution in [1.29, 1.82) is 0 Å². The van der Waals surface area contributed by atoms with Crippen LogP contribution in [0.2, 0.25) is 0 Å². The minimum atomic E-state index is -0.917. The Kier molecular flexibility index (Phi) is 3.00. The summed E-state index contributed by atoms with van der Waals surface area (Å²) in [5.41, 5.74) is 3.49. The van der Waals surface area contributed by atoms with E-state index in [4.69, 9.17) is 5.73 Å². The van der Waals surface area contributed by atoms with Crippen LogP contribution < -0.4 is 16.6 Å². The number of nitrogens with two attached hydrogens (primary N) is 1. The molecule has 0 saturated carbocycles. The zero-order valence-electron chi connectivity index (χ0n) is 8.98. The Morgan fingerprint density at radius 2 is 2.28 bits per heavy atom. The van der Waals surface area contributed by atoms with Gasteiger partial charge in [0.05, 0.1) is 0 Å². The molecule has 2 aromatic rings. The molecule has 0 atom stereocenters. The topological polar surface area (TPSA) is 114 Å². The van der Waals surface area contributed by atoms with Crippen LogP contribution in [-0.4, -0.2) is 20.9 Å². The van der Waals surface area contributed by atoms with Crippen LogP contribution in [0.4, 0.5) is 15.9 Å². The number of aromatic amines is 1. The first-order valence-electron chi connectivity index (χ1n) is 4.83. The van der Waals surface area contributed by atoms with Gasteiger partial charge in [-0.05, 0) is 6.07 Å². The molecule has 7 nitrogen and oxygen atoms in total. The summed E-state index contributed by atoms with van der Waals surface area (Å²) in [7, 11) is 0. The quantitative estimate of drug-likeness (QED) is 0.716. The molecule has 0 radical (unpaired) electrons. The maximum absolute atomic E-state index is 13.6. The maximum atomic E-state index is 13.6. The zero-order chi connectivity index (χ0) is 13.1. The lowest BCUT2D eigenvalue weighted by Crippen LogP contribution is -2.22. The second kappa shape index (κ2) is 4.62. The molecule has 0 spiro atoms. The predicted octanol–water partition coefficient (Wildman–Crippen LogP) is 0.146. The minimum absolute atomic E-state index is 0.251. The summed E-state index contributed by atoms with van der Waals surface area (Å²) < 4.78 is 13.6. The number of amides is 1. The van der Waals surface area contributed by atoms with Gasteiger partial charge in [-0.25, -0.2) is 14.4 Å². The Hall–Kier alpha value is -2.77. The average Bonchev–Trinajstić information content (AvgIpc) is 2.34. The lowest BCUT2D eigenvalue weighted by molar-refractivity contribution is 0.0995. The maximum Gasteiger partial charge on any atom is 0.275 e. The van der Waals surface area contributed by atoms with Gasteiger partial charge in [0.1, 0.15) is 23.5 Å². The molecule has 0 aliphatic rings. The molecule has 0 aliphatic carbocycles. The highest BCUT2D eigenvalue weighted by Gasteiger charge is 2.12. The summed E-state index contributed by atoms with van der Waals surface area (Å²) in [6.07, 6.45) is 2.67. The second-order valence-corrected chi connectivity index (χ2v) is 3.32. The normalized spacial score (nSPS) is 10.1. The Bertz CT molecular complexity index is 640. The fourth-order valence-corrected chi connectivity index (χ4v) is 1.27. The van der Waals surface area contributed by atoms with Crippen molar-refractivity contribution in [3.63, 3.8) is 0 Å². The molecule has 2 aromatic heterocycles. The second-order valence-electron chi connectivity index (χ2n) is 3.32. The van der Waals surface area contributed by atoms with E-state index in [-0.39, 0.29) is 17.2 Å². The van der Waals surface area contributed by atoms with Crippen molar-refractivity contribution in [2.24, 2.45) is 5.73 Å². The van der Waals surface area contributed by atoms with Gasteiger partial charge in [-0.2, -0.15) is 0 Å². The van der Waals surface area contributed by atoms with Crippen molar-refractivity contribution in [2.75, 3.05) is 5.32 Å². The molecule has 18 heavy (non-hydrogen) atoms. The Morgan fingerprint density at radius 3 is 2.83 bits per heavy atom. The fraction of sp³-hybridized carbons (Fsp3) is 0. The van der Waals surface area contributed by atoms with E-state index in [9.17, 15) is 14.0 Å². The molecule has 0 fully saturated rings. The number of hydrogen-bond donors (Lipinski definition) is 3. The van der Waals surface area contributed by atoms with E-state index in [1.807, 2.05) is 0 Å². The van der Waals surface area contributed by atoms with Crippen LogP contribution in [0.3, 0.4) is 0 Å². The highest BCUT2D eigenvalue weighted by atomic mass is 19.1. The number of H-pyrrole nitrogens is 1. The van der Waals surface area contributed by atoms with Gasteiger partial charge in [0.15, 0.2) is 5.82 Å². The molecule has 0 aromatic carbocycles. The largest absolute Gasteiger partial charge is 0.364 e. The fourth-order valence-electron chi connectivity index (χ4n) is 1.27. The Morgan fingerprint density at radius 1 is 1.50 bits per heavy atom. The minimum Gasteiger partial charge on any atom is -0.364 e. The van der Waals surface area contributed by atoms with E-state index in [1.54, 1.807) is 0 Å². The number of nitrogens with zero attached hydrogens (tertiary/aromatic N) is 2. The molecule has 0 saturated heterocycles. The number of nitrogens with one attached hydrogen (secondary N) is 2. The third kappa shape index (κ3) is 2.32. The van der Waals surface area contributed by atoms with Crippen molar-refractivity contribution in [2.45, 2.75) is 0 Å². The molecule has 0 aliphatic heterocycles. The smallest absolute Gasteiger partial charge is 0.275 e. The van der Waals surface area contributed by atoms with E-state index in [1.165, 1.54) is 18.6 Å². The monoisotopic (exact) mass is 249 g/mol. The Labute approximate surface area is 99.9 Å². The highest BCUT2D eigenvalue weighted by molar-refractivity contribution is 5.91. The first-order valence-corrected chi connectivity index (χ1v) is 4.83. The van der Waals surface area contributed by atoms with Crippen LogP contribution >= 0.6 is 0 Å². The van der Waals surface area contributed by atoms with Gasteiger partial charge in [0, 0.05) is 12.3 Å². The van der Waals surface area contributed by atoms with Crippen molar-refractivity contribution in [3.05, 3.63) is 46.5 Å². The molecule has 0 unspecified atom stereocenters. The molecule has 2 heterocycles. The van der Waals surface area contributed by atoms with E-state index < -0.39 is 17.3 Å². The van der Waals surface area contributed by atoms with Gasteiger partial charge in [0.2, 0.25) is 0 Å². The first-order chi connectivity index (χ1) is 8.58. The van der Waals surface area contributed by atoms with E-state index in [2.05, 4.69) is 20.3 Å². The van der Waals surface area contributed by atoms with Crippen molar-refractivity contribution < 1.29 is 9.18 Å². The van der Waals surface area contributed by atoms with Crippen LogP contribution in [-0.2, 0) is 0 Å². The van der Waals surface area contributed by atoms with Crippen LogP contribution in [0.15, 0.2) is 29.5 Å². The summed E-state index contributed by atoms with van der Waals surface area (Å²) in [5, 5.41) is 2.48. The lowest BCUT2D eigenvalue weighted by Gasteiger charge is -2.06. The number of pyridine rings is 1. The summed E-state index contributed by atoms with van der Waals surface area (Å²) in [4.78, 5) is 32.0. The molecule has 2 rings (SSSR count). The van der Waals surface area contributed by atoms with Crippen molar-refractivity contribution >= 4 is 17.4 Å². The van der Waals surface area contributed by atoms with E-state index in [0.29, 0.717) is 0 Å². The number of carbonyl (C=O) groups is 1. The third-order valence-electron chi connectivity index (χ3n) is 2.09. The van der Waals surface area contributed by atoms with Gasteiger partial charge in [-0.1, -0.05) is 0 Å². The molecular formula is C10H8FN5O2. The van der Waals surface area contributed by atoms with Crippen LogP contribution in [0, 0.1) is 5.82 Å². The molecule has 8 heteroatoms. The molecule has 1 amide bonds. The van der Waals surface area contributed by atoms with Crippen LogP contribution in [0.25, 0.3) is 0 Å². The number of halogens is 1. The zero-order valence-corrected chi connectivity index (χ0v) is 8.98. The van der Waals surface area contributed by atoms with Crippen LogP contribution in [0.5, 0.6) is 0 Å². The van der Waals surface area contributed by atoms with Gasteiger partial charge >= 0.3 is 0 Å². The number of carbonyl (C=O) groups excluding carboxylic acids is 1. The lowest BCUT2D eigenvalue weighted by atomic mass is 10.3. The van der Waals surface area contributed by atoms with Gasteiger partial charge in [-0.3, -0.25) is 9.59 Å². The van der Waals surface area contributed by atoms with E-state index >= 15 is 0 Å². The van der Waals surface area contributed by atoms with Gasteiger partial charge < -0.3 is 16.0 Å². The summed E-state index contributed by atoms with van der Waals surface area (Å²) in [5.74, 6) is -1.56. The molecular weight excluding hydrogens is 241 g/mol. The number of anilines is 2. The number of hydrogen-bond acceptors (Lipinski definition) is 5. The SMILES string of the molecule is NC(=O)c1cc(F)c(Nc2ccncn2)c(=O)[nH]1. The van der Waals surface area contributed by atoms with Gasteiger partial charge in [0.25, 0.3) is 11.5 Å². The molecule has 0 bridgehead atoms.